The number of anilines is 2. The molecular formula is C40H45Cl2N7O4. The molecule has 13 heteroatoms. The predicted octanol–water partition coefficient (Wildman–Crippen LogP) is 7.16. The van der Waals surface area contributed by atoms with Crippen LogP contribution in [0.5, 0.6) is 5.75 Å². The number of rotatable bonds is 14. The second kappa shape index (κ2) is 16.7. The van der Waals surface area contributed by atoms with E-state index in [1.54, 1.807) is 33.9 Å². The molecule has 0 amide bonds. The highest BCUT2D eigenvalue weighted by Gasteiger charge is 2.44. The molecule has 2 aromatic heterocycles. The fraction of sp³-hybridized carbons (Fsp3) is 0.400. The van der Waals surface area contributed by atoms with Crippen molar-refractivity contribution in [3.63, 3.8) is 0 Å². The summed E-state index contributed by atoms with van der Waals surface area (Å²) < 4.78 is 22.5. The third kappa shape index (κ3) is 8.87. The van der Waals surface area contributed by atoms with Crippen molar-refractivity contribution in [2.45, 2.75) is 64.0 Å². The number of hydrogen-bond donors (Lipinski definition) is 0. The van der Waals surface area contributed by atoms with Gasteiger partial charge in [0.05, 0.1) is 23.9 Å². The van der Waals surface area contributed by atoms with Crippen LogP contribution < -0.4 is 20.1 Å². The maximum absolute atomic E-state index is 12.5. The Morgan fingerprint density at radius 2 is 1.64 bits per heavy atom. The van der Waals surface area contributed by atoms with Gasteiger partial charge in [-0.25, -0.2) is 9.67 Å². The lowest BCUT2D eigenvalue weighted by Gasteiger charge is -2.37. The average molecular weight is 759 g/mol. The van der Waals surface area contributed by atoms with Crippen molar-refractivity contribution < 1.29 is 14.2 Å². The van der Waals surface area contributed by atoms with Gasteiger partial charge in [0.2, 0.25) is 0 Å². The minimum atomic E-state index is -1.01. The van der Waals surface area contributed by atoms with Crippen molar-refractivity contribution in [2.24, 2.45) is 0 Å². The second-order valence-electron chi connectivity index (χ2n) is 13.7. The van der Waals surface area contributed by atoms with Crippen molar-refractivity contribution in [3.8, 4) is 5.75 Å². The van der Waals surface area contributed by atoms with Crippen LogP contribution in [0.2, 0.25) is 10.0 Å². The SMILES string of the molecule is CCC(C)n1ncc(Cc2ccc(N3CCN(c4ccc(OCC5COC(CCCn6cncn6)(c6ccc(Cl)cc6Cl)O5)cc4)CC3)cc2)cc1=O. The van der Waals surface area contributed by atoms with Gasteiger partial charge in [0, 0.05) is 67.2 Å². The van der Waals surface area contributed by atoms with Crippen molar-refractivity contribution in [1.82, 2.24) is 24.5 Å². The molecule has 2 fully saturated rings. The third-order valence-electron chi connectivity index (χ3n) is 10.1. The van der Waals surface area contributed by atoms with Crippen molar-refractivity contribution in [1.29, 1.82) is 0 Å². The number of ether oxygens (including phenoxy) is 3. The molecule has 2 saturated heterocycles. The van der Waals surface area contributed by atoms with Crippen LogP contribution in [0, 0.1) is 0 Å². The van der Waals surface area contributed by atoms with Crippen LogP contribution in [0.4, 0.5) is 11.4 Å². The predicted molar refractivity (Wildman–Crippen MR) is 207 cm³/mol. The summed E-state index contributed by atoms with van der Waals surface area (Å²) in [5, 5.41) is 9.66. The molecule has 0 bridgehead atoms. The Balaban J connectivity index is 0.892. The van der Waals surface area contributed by atoms with E-state index < -0.39 is 5.79 Å². The highest BCUT2D eigenvalue weighted by atomic mass is 35.5. The molecule has 53 heavy (non-hydrogen) atoms. The first-order valence-corrected chi connectivity index (χ1v) is 19.0. The summed E-state index contributed by atoms with van der Waals surface area (Å²) in [7, 11) is 0. The molecule has 2 aliphatic heterocycles. The molecule has 2 aliphatic rings. The molecule has 0 radical (unpaired) electrons. The zero-order valence-electron chi connectivity index (χ0n) is 30.1. The van der Waals surface area contributed by atoms with E-state index in [-0.39, 0.29) is 17.7 Å². The van der Waals surface area contributed by atoms with Crippen LogP contribution >= 0.6 is 23.2 Å². The highest BCUT2D eigenvalue weighted by molar-refractivity contribution is 6.35. The lowest BCUT2D eigenvalue weighted by molar-refractivity contribution is -0.185. The standard InChI is InChI=1S/C40H45Cl2N7O4/c1-3-29(2)49-39(50)22-31(24-44-49)21-30-5-8-33(9-6-30)46-17-19-47(20-18-46)34-10-12-35(13-11-34)51-25-36-26-52-40(53-36,15-4-16-48-28-43-27-45-48)37-14-7-32(41)23-38(37)42/h5-14,22-24,27-29,36H,3-4,15-21,25-26H2,1-2H3. The first kappa shape index (κ1) is 36.9. The molecule has 278 valence electrons. The molecule has 4 heterocycles. The smallest absolute Gasteiger partial charge is 0.267 e. The van der Waals surface area contributed by atoms with Gasteiger partial charge in [-0.1, -0.05) is 48.3 Å². The van der Waals surface area contributed by atoms with Gasteiger partial charge >= 0.3 is 0 Å². The van der Waals surface area contributed by atoms with Crippen LogP contribution in [0.3, 0.4) is 0 Å². The number of aromatic nitrogens is 5. The summed E-state index contributed by atoms with van der Waals surface area (Å²) in [4.78, 5) is 21.4. The Bertz CT molecular complexity index is 2000. The monoisotopic (exact) mass is 757 g/mol. The van der Waals surface area contributed by atoms with Gasteiger partial charge in [-0.15, -0.1) is 0 Å². The van der Waals surface area contributed by atoms with Crippen LogP contribution in [0.15, 0.2) is 96.4 Å². The first-order valence-electron chi connectivity index (χ1n) is 18.3. The number of aryl methyl sites for hydroxylation is 1. The molecule has 3 atom stereocenters. The van der Waals surface area contributed by atoms with E-state index in [1.165, 1.54) is 17.7 Å². The zero-order valence-corrected chi connectivity index (χ0v) is 31.6. The topological polar surface area (TPSA) is 99.8 Å². The van der Waals surface area contributed by atoms with Gasteiger partial charge < -0.3 is 24.0 Å². The van der Waals surface area contributed by atoms with Crippen LogP contribution in [0.25, 0.3) is 0 Å². The van der Waals surface area contributed by atoms with E-state index in [1.807, 2.05) is 31.3 Å². The van der Waals surface area contributed by atoms with Crippen molar-refractivity contribution in [3.05, 3.63) is 129 Å². The molecule has 3 unspecified atom stereocenters. The summed E-state index contributed by atoms with van der Waals surface area (Å²) in [6.07, 6.45) is 7.63. The van der Waals surface area contributed by atoms with E-state index >= 15 is 0 Å². The molecule has 3 aromatic carbocycles. The Hall–Kier alpha value is -4.42. The molecule has 7 rings (SSSR count). The Morgan fingerprint density at radius 1 is 0.925 bits per heavy atom. The van der Waals surface area contributed by atoms with Gasteiger partial charge in [-0.05, 0) is 85.8 Å². The summed E-state index contributed by atoms with van der Waals surface area (Å²) in [5.74, 6) is -0.235. The van der Waals surface area contributed by atoms with Gasteiger partial charge in [0.1, 0.15) is 31.1 Å². The minimum absolute atomic E-state index is 0.0437. The maximum Gasteiger partial charge on any atom is 0.267 e. The molecule has 0 aliphatic carbocycles. The number of piperazine rings is 1. The van der Waals surface area contributed by atoms with Crippen LogP contribution in [-0.4, -0.2) is 70.0 Å². The molecule has 5 aromatic rings. The van der Waals surface area contributed by atoms with Gasteiger partial charge in [0.15, 0.2) is 5.79 Å². The summed E-state index contributed by atoms with van der Waals surface area (Å²) in [5.41, 5.74) is 5.17. The second-order valence-corrected chi connectivity index (χ2v) is 14.6. The summed E-state index contributed by atoms with van der Waals surface area (Å²) in [6.45, 7) is 9.14. The highest BCUT2D eigenvalue weighted by Crippen LogP contribution is 2.42. The van der Waals surface area contributed by atoms with E-state index in [4.69, 9.17) is 37.4 Å². The normalized spacial score (nSPS) is 19.4. The molecule has 0 saturated carbocycles. The third-order valence-corrected chi connectivity index (χ3v) is 10.6. The van der Waals surface area contributed by atoms with Crippen molar-refractivity contribution in [2.75, 3.05) is 49.2 Å². The van der Waals surface area contributed by atoms with Gasteiger partial charge in [0.25, 0.3) is 5.56 Å². The molecular weight excluding hydrogens is 713 g/mol. The quantitative estimate of drug-likeness (QED) is 0.117. The fourth-order valence-electron chi connectivity index (χ4n) is 6.96. The van der Waals surface area contributed by atoms with Crippen LogP contribution in [-0.2, 0) is 28.2 Å². The van der Waals surface area contributed by atoms with E-state index in [0.717, 1.165) is 61.5 Å². The number of nitrogens with zero attached hydrogens (tertiary/aromatic N) is 7. The fourth-order valence-corrected chi connectivity index (χ4v) is 7.51. The lowest BCUT2D eigenvalue weighted by atomic mass is 10.0. The summed E-state index contributed by atoms with van der Waals surface area (Å²) >= 11 is 12.8. The molecule has 0 spiro atoms. The number of hydrogen-bond acceptors (Lipinski definition) is 9. The summed E-state index contributed by atoms with van der Waals surface area (Å²) in [6, 6.07) is 24.1. The Labute approximate surface area is 320 Å². The largest absolute Gasteiger partial charge is 0.491 e. The molecule has 11 nitrogen and oxygen atoms in total. The first-order chi connectivity index (χ1) is 25.8. The van der Waals surface area contributed by atoms with E-state index in [9.17, 15) is 4.79 Å². The van der Waals surface area contributed by atoms with E-state index in [0.29, 0.717) is 42.6 Å². The van der Waals surface area contributed by atoms with E-state index in [2.05, 4.69) is 68.3 Å². The number of benzene rings is 3. The molecule has 0 N–H and O–H groups in total. The lowest BCUT2D eigenvalue weighted by Crippen LogP contribution is -2.46. The average Bonchev–Trinajstić information content (AvgIpc) is 3.85. The Kier molecular flexibility index (Phi) is 11.6. The van der Waals surface area contributed by atoms with Crippen molar-refractivity contribution >= 4 is 34.6 Å². The minimum Gasteiger partial charge on any atom is -0.491 e. The zero-order chi connectivity index (χ0) is 36.8. The van der Waals surface area contributed by atoms with Gasteiger partial charge in [-0.3, -0.25) is 9.48 Å². The Morgan fingerprint density at radius 3 is 2.28 bits per heavy atom. The van der Waals surface area contributed by atoms with Gasteiger partial charge in [-0.2, -0.15) is 10.2 Å². The van der Waals surface area contributed by atoms with Crippen LogP contribution in [0.1, 0.15) is 55.8 Å². The maximum atomic E-state index is 12.5. The number of halogens is 2.